The Hall–Kier alpha value is -2.60. The molecular weight excluding hydrogens is 300 g/mol. The largest absolute Gasteiger partial charge is 0.0622 e. The number of hydrogen-bond acceptors (Lipinski definition) is 0. The Morgan fingerprint density at radius 3 is 2.40 bits per heavy atom. The van der Waals surface area contributed by atoms with Crippen LogP contribution in [-0.4, -0.2) is 0 Å². The number of fused-ring (bicyclic) bond motifs is 5. The summed E-state index contributed by atoms with van der Waals surface area (Å²) in [7, 11) is 0. The molecule has 0 aliphatic heterocycles. The lowest BCUT2D eigenvalue weighted by Crippen LogP contribution is -2.16. The molecule has 5 rings (SSSR count). The van der Waals surface area contributed by atoms with Gasteiger partial charge in [-0.15, -0.1) is 0 Å². The van der Waals surface area contributed by atoms with Crippen LogP contribution in [0.15, 0.2) is 78.9 Å². The zero-order valence-corrected chi connectivity index (χ0v) is 14.4. The van der Waals surface area contributed by atoms with Crippen molar-refractivity contribution >= 4 is 21.5 Å². The minimum Gasteiger partial charge on any atom is -0.0622 e. The quantitative estimate of drug-likeness (QED) is 0.378. The molecule has 4 aromatic rings. The molecule has 122 valence electrons. The zero-order chi connectivity index (χ0) is 16.6. The average molecular weight is 322 g/mol. The molecule has 0 amide bonds. The van der Waals surface area contributed by atoms with Crippen LogP contribution in [0.1, 0.15) is 23.1 Å². The van der Waals surface area contributed by atoms with Crippen molar-refractivity contribution < 1.29 is 0 Å². The van der Waals surface area contributed by atoms with Crippen LogP contribution >= 0.6 is 0 Å². The summed E-state index contributed by atoms with van der Waals surface area (Å²) in [6, 6.07) is 29.1. The summed E-state index contributed by atoms with van der Waals surface area (Å²) in [5, 5.41) is 5.60. The molecule has 0 spiro atoms. The predicted octanol–water partition coefficient (Wildman–Crippen LogP) is 6.34. The lowest BCUT2D eigenvalue weighted by atomic mass is 9.78. The van der Waals surface area contributed by atoms with Gasteiger partial charge in [0.15, 0.2) is 0 Å². The van der Waals surface area contributed by atoms with E-state index in [1.165, 1.54) is 52.8 Å². The highest BCUT2D eigenvalue weighted by atomic mass is 14.3. The van der Waals surface area contributed by atoms with Gasteiger partial charge in [-0.25, -0.2) is 0 Å². The van der Waals surface area contributed by atoms with Gasteiger partial charge in [-0.1, -0.05) is 78.9 Å². The van der Waals surface area contributed by atoms with Crippen LogP contribution in [0, 0.1) is 5.92 Å². The molecular formula is C25H22. The molecule has 0 nitrogen and oxygen atoms in total. The van der Waals surface area contributed by atoms with Crippen LogP contribution in [0.4, 0.5) is 0 Å². The second-order valence-electron chi connectivity index (χ2n) is 7.38. The monoisotopic (exact) mass is 322 g/mol. The minimum absolute atomic E-state index is 0.756. The van der Waals surface area contributed by atoms with Gasteiger partial charge in [0, 0.05) is 0 Å². The van der Waals surface area contributed by atoms with Gasteiger partial charge >= 0.3 is 0 Å². The fourth-order valence-corrected chi connectivity index (χ4v) is 4.54. The van der Waals surface area contributed by atoms with Crippen molar-refractivity contribution in [2.75, 3.05) is 0 Å². The van der Waals surface area contributed by atoms with Crippen LogP contribution in [0.2, 0.25) is 0 Å². The number of hydrogen-bond donors (Lipinski definition) is 0. The predicted molar refractivity (Wildman–Crippen MR) is 107 cm³/mol. The van der Waals surface area contributed by atoms with Gasteiger partial charge in [0.2, 0.25) is 0 Å². The van der Waals surface area contributed by atoms with E-state index in [4.69, 9.17) is 0 Å². The van der Waals surface area contributed by atoms with E-state index in [2.05, 4.69) is 78.9 Å². The summed E-state index contributed by atoms with van der Waals surface area (Å²) >= 11 is 0. The molecule has 0 heterocycles. The van der Waals surface area contributed by atoms with Gasteiger partial charge in [0.25, 0.3) is 0 Å². The first-order valence-electron chi connectivity index (χ1n) is 9.34. The maximum Gasteiger partial charge on any atom is -0.0102 e. The van der Waals surface area contributed by atoms with E-state index < -0.39 is 0 Å². The van der Waals surface area contributed by atoms with Gasteiger partial charge in [-0.2, -0.15) is 0 Å². The first-order chi connectivity index (χ1) is 12.4. The van der Waals surface area contributed by atoms with E-state index in [1.54, 1.807) is 11.1 Å². The van der Waals surface area contributed by atoms with E-state index in [0.29, 0.717) is 0 Å². The Kier molecular flexibility index (Phi) is 3.56. The van der Waals surface area contributed by atoms with E-state index in [0.717, 1.165) is 5.92 Å². The Morgan fingerprint density at radius 1 is 0.680 bits per heavy atom. The molecule has 0 saturated heterocycles. The zero-order valence-electron chi connectivity index (χ0n) is 14.4. The maximum absolute atomic E-state index is 2.38. The van der Waals surface area contributed by atoms with Crippen molar-refractivity contribution in [2.24, 2.45) is 5.92 Å². The van der Waals surface area contributed by atoms with Gasteiger partial charge in [-0.05, 0) is 69.8 Å². The highest BCUT2D eigenvalue weighted by molar-refractivity contribution is 6.08. The van der Waals surface area contributed by atoms with Gasteiger partial charge in [0.1, 0.15) is 0 Å². The minimum atomic E-state index is 0.756. The average Bonchev–Trinajstić information content (AvgIpc) is 2.68. The molecule has 0 heteroatoms. The molecule has 1 atom stereocenters. The van der Waals surface area contributed by atoms with E-state index in [-0.39, 0.29) is 0 Å². The van der Waals surface area contributed by atoms with Crippen LogP contribution in [0.5, 0.6) is 0 Å². The third-order valence-electron chi connectivity index (χ3n) is 5.82. The Balaban J connectivity index is 1.57. The molecule has 25 heavy (non-hydrogen) atoms. The molecule has 0 fully saturated rings. The summed E-state index contributed by atoms with van der Waals surface area (Å²) in [6.07, 6.45) is 4.93. The second kappa shape index (κ2) is 6.04. The maximum atomic E-state index is 2.38. The van der Waals surface area contributed by atoms with Crippen molar-refractivity contribution in [1.29, 1.82) is 0 Å². The third kappa shape index (κ3) is 2.62. The molecule has 1 aliphatic carbocycles. The Labute approximate surface area is 149 Å². The van der Waals surface area contributed by atoms with Crippen molar-refractivity contribution in [1.82, 2.24) is 0 Å². The first kappa shape index (κ1) is 14.7. The summed E-state index contributed by atoms with van der Waals surface area (Å²) < 4.78 is 0. The van der Waals surface area contributed by atoms with Crippen molar-refractivity contribution in [3.05, 3.63) is 95.6 Å². The summed E-state index contributed by atoms with van der Waals surface area (Å²) in [4.78, 5) is 0. The standard InChI is InChI=1S/C25H22/c1-2-6-18(7-3-1)16-19-10-11-21-13-14-23-22-9-5-4-8-20(22)12-15-24(23)25(21)17-19/h1-9,12-15,19H,10-11,16-17H2. The van der Waals surface area contributed by atoms with Crippen molar-refractivity contribution in [2.45, 2.75) is 25.7 Å². The number of rotatable bonds is 2. The van der Waals surface area contributed by atoms with Gasteiger partial charge < -0.3 is 0 Å². The summed E-state index contributed by atoms with van der Waals surface area (Å²) in [6.45, 7) is 0. The molecule has 0 saturated carbocycles. The van der Waals surface area contributed by atoms with Crippen LogP contribution in [0.25, 0.3) is 21.5 Å². The van der Waals surface area contributed by atoms with E-state index >= 15 is 0 Å². The van der Waals surface area contributed by atoms with Crippen LogP contribution in [0.3, 0.4) is 0 Å². The number of benzene rings is 4. The molecule has 0 bridgehead atoms. The van der Waals surface area contributed by atoms with Crippen LogP contribution in [-0.2, 0) is 19.3 Å². The normalized spacial score (nSPS) is 16.9. The number of aryl methyl sites for hydroxylation is 1. The highest BCUT2D eigenvalue weighted by Crippen LogP contribution is 2.35. The van der Waals surface area contributed by atoms with Gasteiger partial charge in [0.05, 0.1) is 0 Å². The summed E-state index contributed by atoms with van der Waals surface area (Å²) in [5.74, 6) is 0.756. The lowest BCUT2D eigenvalue weighted by Gasteiger charge is -2.26. The fourth-order valence-electron chi connectivity index (χ4n) is 4.54. The lowest BCUT2D eigenvalue weighted by molar-refractivity contribution is 0.458. The third-order valence-corrected chi connectivity index (χ3v) is 5.82. The molecule has 0 N–H and O–H groups in total. The van der Waals surface area contributed by atoms with Crippen LogP contribution < -0.4 is 0 Å². The molecule has 0 aromatic heterocycles. The Bertz CT molecular complexity index is 1040. The van der Waals surface area contributed by atoms with Gasteiger partial charge in [-0.3, -0.25) is 0 Å². The van der Waals surface area contributed by atoms with E-state index in [1.807, 2.05) is 0 Å². The topological polar surface area (TPSA) is 0 Å². The molecule has 4 aromatic carbocycles. The Morgan fingerprint density at radius 2 is 1.48 bits per heavy atom. The SMILES string of the molecule is c1ccc(CC2CCc3ccc4c(ccc5ccccc54)c3C2)cc1. The fraction of sp³-hybridized carbons (Fsp3) is 0.200. The van der Waals surface area contributed by atoms with Crippen molar-refractivity contribution in [3.8, 4) is 0 Å². The second-order valence-corrected chi connectivity index (χ2v) is 7.38. The first-order valence-corrected chi connectivity index (χ1v) is 9.34. The molecule has 1 aliphatic rings. The summed E-state index contributed by atoms with van der Waals surface area (Å²) in [5.41, 5.74) is 4.63. The molecule has 0 radical (unpaired) electrons. The van der Waals surface area contributed by atoms with Crippen molar-refractivity contribution in [3.63, 3.8) is 0 Å². The molecule has 1 unspecified atom stereocenters. The smallest absolute Gasteiger partial charge is 0.0102 e. The highest BCUT2D eigenvalue weighted by Gasteiger charge is 2.21. The van der Waals surface area contributed by atoms with E-state index in [9.17, 15) is 0 Å².